The average Bonchev–Trinajstić information content (AvgIpc) is 3.13. The average molecular weight is 358 g/mol. The zero-order valence-electron chi connectivity index (χ0n) is 14.0. The van der Waals surface area contributed by atoms with Gasteiger partial charge in [-0.3, -0.25) is 9.78 Å². The lowest BCUT2D eigenvalue weighted by atomic mass is 10.2. The molecule has 0 bridgehead atoms. The van der Waals surface area contributed by atoms with E-state index in [2.05, 4.69) is 20.3 Å². The lowest BCUT2D eigenvalue weighted by Gasteiger charge is -2.05. The van der Waals surface area contributed by atoms with Gasteiger partial charge in [0, 0.05) is 17.4 Å². The molecule has 3 N–H and O–H groups in total. The van der Waals surface area contributed by atoms with E-state index in [0.717, 1.165) is 28.6 Å². The summed E-state index contributed by atoms with van der Waals surface area (Å²) in [7, 11) is 0. The molecule has 132 valence electrons. The minimum Gasteiger partial charge on any atom is -0.478 e. The Morgan fingerprint density at radius 2 is 1.74 bits per heavy atom. The number of nitrogens with zero attached hydrogens (tertiary/aromatic N) is 2. The van der Waals surface area contributed by atoms with Crippen molar-refractivity contribution >= 4 is 28.6 Å². The van der Waals surface area contributed by atoms with Crippen LogP contribution in [0.4, 0.5) is 5.69 Å². The number of nitrogens with one attached hydrogen (secondary N) is 2. The maximum atomic E-state index is 12.2. The second-order valence-corrected chi connectivity index (χ2v) is 5.87. The summed E-state index contributed by atoms with van der Waals surface area (Å²) >= 11 is 0. The smallest absolute Gasteiger partial charge is 0.337 e. The van der Waals surface area contributed by atoms with Gasteiger partial charge in [-0.15, -0.1) is 0 Å². The second-order valence-electron chi connectivity index (χ2n) is 5.87. The minimum absolute atomic E-state index is 0.0294. The summed E-state index contributed by atoms with van der Waals surface area (Å²) in [4.78, 5) is 34.7. The van der Waals surface area contributed by atoms with Crippen molar-refractivity contribution in [3.05, 3.63) is 78.1 Å². The van der Waals surface area contributed by atoms with E-state index in [1.165, 1.54) is 12.1 Å². The predicted octanol–water partition coefficient (Wildman–Crippen LogP) is 3.58. The summed E-state index contributed by atoms with van der Waals surface area (Å²) < 4.78 is 0. The molecule has 7 heteroatoms. The van der Waals surface area contributed by atoms with E-state index in [9.17, 15) is 9.59 Å². The summed E-state index contributed by atoms with van der Waals surface area (Å²) in [5, 5.41) is 11.6. The molecule has 2 heterocycles. The van der Waals surface area contributed by atoms with Crippen LogP contribution in [0.3, 0.4) is 0 Å². The van der Waals surface area contributed by atoms with E-state index in [-0.39, 0.29) is 11.3 Å². The summed E-state index contributed by atoms with van der Waals surface area (Å²) in [6.45, 7) is 0. The zero-order chi connectivity index (χ0) is 18.8. The summed E-state index contributed by atoms with van der Waals surface area (Å²) in [6.07, 6.45) is 1.15. The Hall–Kier alpha value is -4.00. The zero-order valence-corrected chi connectivity index (χ0v) is 14.0. The van der Waals surface area contributed by atoms with Gasteiger partial charge in [0.05, 0.1) is 16.6 Å². The first kappa shape index (κ1) is 16.5. The molecule has 0 aliphatic rings. The molecule has 0 unspecified atom stereocenters. The molecule has 27 heavy (non-hydrogen) atoms. The number of carbonyl (C=O) groups is 2. The number of anilines is 1. The summed E-state index contributed by atoms with van der Waals surface area (Å²) in [5.41, 5.74) is 3.52. The maximum Gasteiger partial charge on any atom is 0.337 e. The van der Waals surface area contributed by atoms with E-state index in [4.69, 9.17) is 5.11 Å². The van der Waals surface area contributed by atoms with E-state index >= 15 is 0 Å². The molecule has 2 aromatic heterocycles. The van der Waals surface area contributed by atoms with Gasteiger partial charge in [-0.25, -0.2) is 9.78 Å². The third kappa shape index (κ3) is 3.38. The Morgan fingerprint density at radius 1 is 0.963 bits per heavy atom. The van der Waals surface area contributed by atoms with Crippen LogP contribution in [0.15, 0.2) is 66.9 Å². The number of carboxylic acid groups (broad SMARTS) is 1. The Labute approximate surface area is 153 Å². The highest BCUT2D eigenvalue weighted by Crippen LogP contribution is 2.22. The fourth-order valence-corrected chi connectivity index (χ4v) is 2.65. The highest BCUT2D eigenvalue weighted by atomic mass is 16.4. The van der Waals surface area contributed by atoms with Crippen LogP contribution in [0.1, 0.15) is 20.8 Å². The van der Waals surface area contributed by atoms with Crippen molar-refractivity contribution in [3.63, 3.8) is 0 Å². The van der Waals surface area contributed by atoms with E-state index in [1.807, 2.05) is 36.4 Å². The minimum atomic E-state index is -1.09. The van der Waals surface area contributed by atoms with Crippen molar-refractivity contribution in [1.29, 1.82) is 0 Å². The van der Waals surface area contributed by atoms with Gasteiger partial charge < -0.3 is 15.4 Å². The molecular formula is C20H14N4O3. The number of H-pyrrole nitrogens is 1. The molecular weight excluding hydrogens is 344 g/mol. The fraction of sp³-hybridized carbons (Fsp3) is 0. The van der Waals surface area contributed by atoms with Gasteiger partial charge in [-0.2, -0.15) is 0 Å². The number of hydrogen-bond acceptors (Lipinski definition) is 4. The van der Waals surface area contributed by atoms with Crippen LogP contribution < -0.4 is 5.32 Å². The van der Waals surface area contributed by atoms with Gasteiger partial charge in [-0.1, -0.05) is 12.1 Å². The Bertz CT molecular complexity index is 1100. The van der Waals surface area contributed by atoms with Crippen LogP contribution >= 0.6 is 0 Å². The third-order valence-corrected chi connectivity index (χ3v) is 4.05. The van der Waals surface area contributed by atoms with Gasteiger partial charge in [-0.05, 0) is 48.5 Å². The van der Waals surface area contributed by atoms with Gasteiger partial charge in [0.15, 0.2) is 0 Å². The van der Waals surface area contributed by atoms with E-state index < -0.39 is 11.9 Å². The third-order valence-electron chi connectivity index (χ3n) is 4.05. The van der Waals surface area contributed by atoms with Gasteiger partial charge in [0.1, 0.15) is 11.5 Å². The Morgan fingerprint density at radius 3 is 2.41 bits per heavy atom. The Balaban J connectivity index is 1.50. The van der Waals surface area contributed by atoms with Crippen molar-refractivity contribution in [2.75, 3.05) is 5.32 Å². The molecule has 0 aliphatic heterocycles. The van der Waals surface area contributed by atoms with Crippen molar-refractivity contribution in [1.82, 2.24) is 15.0 Å². The molecule has 1 amide bonds. The molecule has 0 saturated heterocycles. The highest BCUT2D eigenvalue weighted by molar-refractivity contribution is 6.03. The first-order chi connectivity index (χ1) is 13.1. The number of aromatic nitrogens is 3. The first-order valence-electron chi connectivity index (χ1n) is 8.16. The molecule has 0 atom stereocenters. The van der Waals surface area contributed by atoms with E-state index in [1.54, 1.807) is 12.1 Å². The van der Waals surface area contributed by atoms with Crippen molar-refractivity contribution in [2.45, 2.75) is 0 Å². The quantitative estimate of drug-likeness (QED) is 0.517. The van der Waals surface area contributed by atoms with Gasteiger partial charge >= 0.3 is 5.97 Å². The SMILES string of the molecule is O=C(O)c1ccc(C(=O)Nc2ccc(-c3nc4ccccc4[nH]3)cc2)nc1. The molecule has 0 radical (unpaired) electrons. The van der Waals surface area contributed by atoms with Crippen LogP contribution in [0.5, 0.6) is 0 Å². The summed E-state index contributed by atoms with van der Waals surface area (Å²) in [6, 6.07) is 17.7. The van der Waals surface area contributed by atoms with Gasteiger partial charge in [0.2, 0.25) is 0 Å². The maximum absolute atomic E-state index is 12.2. The van der Waals surface area contributed by atoms with Crippen LogP contribution in [0.2, 0.25) is 0 Å². The predicted molar refractivity (Wildman–Crippen MR) is 101 cm³/mol. The second kappa shape index (κ2) is 6.72. The lowest BCUT2D eigenvalue weighted by Crippen LogP contribution is -2.14. The number of para-hydroxylation sites is 2. The number of benzene rings is 2. The van der Waals surface area contributed by atoms with Crippen molar-refractivity contribution in [2.24, 2.45) is 0 Å². The highest BCUT2D eigenvalue weighted by Gasteiger charge is 2.10. The molecule has 2 aromatic carbocycles. The Kier molecular flexibility index (Phi) is 4.10. The topological polar surface area (TPSA) is 108 Å². The molecule has 4 rings (SSSR count). The van der Waals surface area contributed by atoms with Crippen LogP contribution in [-0.4, -0.2) is 31.9 Å². The van der Waals surface area contributed by atoms with Crippen LogP contribution in [-0.2, 0) is 0 Å². The molecule has 4 aromatic rings. The number of carbonyl (C=O) groups excluding carboxylic acids is 1. The van der Waals surface area contributed by atoms with Crippen molar-refractivity contribution < 1.29 is 14.7 Å². The molecule has 0 fully saturated rings. The molecule has 0 aliphatic carbocycles. The number of amides is 1. The molecule has 0 saturated carbocycles. The number of pyridine rings is 1. The number of imidazole rings is 1. The standard InChI is InChI=1S/C20H14N4O3/c25-19(17-10-7-13(11-21-17)20(26)27)22-14-8-5-12(6-9-14)18-23-15-3-1-2-4-16(15)24-18/h1-11H,(H,22,25)(H,23,24)(H,26,27). The lowest BCUT2D eigenvalue weighted by molar-refractivity contribution is 0.0696. The molecule has 7 nitrogen and oxygen atoms in total. The van der Waals surface area contributed by atoms with Crippen LogP contribution in [0, 0.1) is 0 Å². The number of rotatable bonds is 4. The molecule has 0 spiro atoms. The monoisotopic (exact) mass is 358 g/mol. The van der Waals surface area contributed by atoms with Crippen molar-refractivity contribution in [3.8, 4) is 11.4 Å². The number of aromatic carboxylic acids is 1. The number of aromatic amines is 1. The van der Waals surface area contributed by atoms with Crippen LogP contribution in [0.25, 0.3) is 22.4 Å². The fourth-order valence-electron chi connectivity index (χ4n) is 2.65. The van der Waals surface area contributed by atoms with E-state index in [0.29, 0.717) is 5.69 Å². The normalized spacial score (nSPS) is 10.7. The number of fused-ring (bicyclic) bond motifs is 1. The number of hydrogen-bond donors (Lipinski definition) is 3. The summed E-state index contributed by atoms with van der Waals surface area (Å²) in [5.74, 6) is -0.751. The largest absolute Gasteiger partial charge is 0.478 e. The van der Waals surface area contributed by atoms with Gasteiger partial charge in [0.25, 0.3) is 5.91 Å². The first-order valence-corrected chi connectivity index (χ1v) is 8.16. The number of carboxylic acids is 1.